The zero-order valence-corrected chi connectivity index (χ0v) is 45.8. The summed E-state index contributed by atoms with van der Waals surface area (Å²) < 4.78 is 48.9. The standard InChI is InChI=1S/C54H92O23/c1-23(2)10-9-14-54(8,77-48-44(69)40(65)37(62)29(74-48)22-70-46-42(67)38(63)34(59)26(19-55)71-46)24-11-16-53(7)33(24)25(58)18-31-51(5)15-13-32(50(3,4)30(51)12-17-52(31,53)6)75-49-45(41(66)36(61)28(21-57)73-49)76-47-43(68)39(64)35(60)27(20-56)72-47/h10,24-49,55-69H,9,11-22H2,1-8H3/t24-,25+,26+,27+,28+,29+,30-,31?,32-,33?,34+,35+,36+,37+,38-,39-,40-,41-,42+,43+,44+,45+,46+,47-,48-,49-,51-,52+,53+,54?/m0/s1. The van der Waals surface area contributed by atoms with Crippen molar-refractivity contribution in [1.29, 1.82) is 0 Å². The first-order chi connectivity index (χ1) is 36.0. The highest BCUT2D eigenvalue weighted by molar-refractivity contribution is 5.20. The molecular formula is C54H92O23. The maximum Gasteiger partial charge on any atom is 0.187 e. The zero-order valence-electron chi connectivity index (χ0n) is 45.8. The molecule has 23 heteroatoms. The molecule has 0 aromatic heterocycles. The van der Waals surface area contributed by atoms with E-state index in [-0.39, 0.29) is 34.5 Å². The zero-order chi connectivity index (χ0) is 56.6. The minimum absolute atomic E-state index is 0.0374. The van der Waals surface area contributed by atoms with E-state index in [1.54, 1.807) is 0 Å². The summed E-state index contributed by atoms with van der Waals surface area (Å²) in [7, 11) is 0. The van der Waals surface area contributed by atoms with Crippen molar-refractivity contribution in [1.82, 2.24) is 0 Å². The number of allylic oxidation sites excluding steroid dienone is 2. The van der Waals surface area contributed by atoms with Crippen LogP contribution in [0.25, 0.3) is 0 Å². The molecule has 0 bridgehead atoms. The van der Waals surface area contributed by atoms with Crippen LogP contribution in [0, 0.1) is 45.3 Å². The van der Waals surface area contributed by atoms with Gasteiger partial charge in [-0.2, -0.15) is 0 Å². The summed E-state index contributed by atoms with van der Waals surface area (Å²) in [4.78, 5) is 0. The lowest BCUT2D eigenvalue weighted by molar-refractivity contribution is -0.378. The monoisotopic (exact) mass is 1110 g/mol. The second-order valence-electron chi connectivity index (χ2n) is 25.7. The highest BCUT2D eigenvalue weighted by Gasteiger charge is 2.72. The van der Waals surface area contributed by atoms with Crippen LogP contribution in [-0.4, -0.2) is 244 Å². The Morgan fingerprint density at radius 2 is 1.05 bits per heavy atom. The van der Waals surface area contributed by atoms with Crippen molar-refractivity contribution in [3.05, 3.63) is 11.6 Å². The van der Waals surface area contributed by atoms with Crippen molar-refractivity contribution < 1.29 is 114 Å². The Bertz CT molecular complexity index is 1990. The van der Waals surface area contributed by atoms with Gasteiger partial charge in [0, 0.05) is 0 Å². The van der Waals surface area contributed by atoms with Crippen molar-refractivity contribution in [2.75, 3.05) is 26.4 Å². The van der Waals surface area contributed by atoms with Crippen LogP contribution >= 0.6 is 0 Å². The number of aliphatic hydroxyl groups is 15. The summed E-state index contributed by atoms with van der Waals surface area (Å²) in [6.45, 7) is 14.6. The van der Waals surface area contributed by atoms with E-state index < -0.39 is 178 Å². The van der Waals surface area contributed by atoms with Crippen molar-refractivity contribution in [2.45, 2.75) is 254 Å². The van der Waals surface area contributed by atoms with E-state index in [0.29, 0.717) is 38.5 Å². The first-order valence-electron chi connectivity index (χ1n) is 27.9. The van der Waals surface area contributed by atoms with Gasteiger partial charge in [-0.25, -0.2) is 0 Å². The van der Waals surface area contributed by atoms with Crippen LogP contribution in [0.15, 0.2) is 11.6 Å². The summed E-state index contributed by atoms with van der Waals surface area (Å²) in [5.41, 5.74) is -1.59. The van der Waals surface area contributed by atoms with Gasteiger partial charge < -0.3 is 114 Å². The molecule has 0 amide bonds. The second kappa shape index (κ2) is 23.5. The number of aliphatic hydroxyl groups excluding tert-OH is 15. The van der Waals surface area contributed by atoms with Crippen LogP contribution in [0.1, 0.15) is 113 Å². The van der Waals surface area contributed by atoms with Gasteiger partial charge in [0.05, 0.1) is 44.2 Å². The van der Waals surface area contributed by atoms with Gasteiger partial charge in [-0.3, -0.25) is 0 Å². The first kappa shape index (κ1) is 61.9. The van der Waals surface area contributed by atoms with Crippen LogP contribution in [0.3, 0.4) is 0 Å². The molecular weight excluding hydrogens is 1020 g/mol. The molecule has 8 rings (SSSR count). The molecule has 30 atom stereocenters. The third kappa shape index (κ3) is 10.9. The minimum atomic E-state index is -1.82. The Labute approximate surface area is 450 Å². The molecule has 446 valence electrons. The minimum Gasteiger partial charge on any atom is -0.394 e. The van der Waals surface area contributed by atoms with E-state index in [4.69, 9.17) is 37.9 Å². The van der Waals surface area contributed by atoms with Gasteiger partial charge in [0.2, 0.25) is 0 Å². The Morgan fingerprint density at radius 3 is 1.64 bits per heavy atom. The van der Waals surface area contributed by atoms with Gasteiger partial charge in [-0.05, 0) is 124 Å². The summed E-state index contributed by atoms with van der Waals surface area (Å²) in [6.07, 6.45) is -25.2. The first-order valence-corrected chi connectivity index (χ1v) is 27.9. The maximum atomic E-state index is 12.8. The fourth-order valence-corrected chi connectivity index (χ4v) is 16.3. The average Bonchev–Trinajstić information content (AvgIpc) is 3.96. The van der Waals surface area contributed by atoms with Gasteiger partial charge in [0.1, 0.15) is 97.7 Å². The molecule has 77 heavy (non-hydrogen) atoms. The Hall–Kier alpha value is -1.18. The molecule has 0 radical (unpaired) electrons. The molecule has 0 spiro atoms. The quantitative estimate of drug-likeness (QED) is 0.0576. The summed E-state index contributed by atoms with van der Waals surface area (Å²) in [5.74, 6) is -0.475. The highest BCUT2D eigenvalue weighted by atomic mass is 16.8. The molecule has 4 heterocycles. The fourth-order valence-electron chi connectivity index (χ4n) is 16.3. The van der Waals surface area contributed by atoms with E-state index in [9.17, 15) is 76.6 Å². The van der Waals surface area contributed by atoms with Gasteiger partial charge in [-0.1, -0.05) is 46.3 Å². The van der Waals surface area contributed by atoms with E-state index in [0.717, 1.165) is 24.8 Å². The average molecular weight is 1110 g/mol. The van der Waals surface area contributed by atoms with Crippen LogP contribution in [0.2, 0.25) is 0 Å². The van der Waals surface area contributed by atoms with Crippen molar-refractivity contribution >= 4 is 0 Å². The SMILES string of the molecule is CC(C)=CCCC(C)(O[C@@H]1O[C@H](CO[C@@H]2O[C@H](CO)[C@@H](O)[C@H](O)[C@H]2O)[C@@H](O)[C@H](O)[C@H]1O)[C@H]1CC[C@]2(C)C1[C@H](O)CC1[C@@]3(C)CC[C@H](O[C@@H]4O[C@H](CO)[C@@H](O)[C@H](O)[C@H]4O[C@@H]4O[C@H](CO)[C@@H](O)[C@H](O)[C@H]4O)C(C)(C)[C@@H]3CC[C@]12C. The van der Waals surface area contributed by atoms with E-state index in [2.05, 4.69) is 40.7 Å². The summed E-state index contributed by atoms with van der Waals surface area (Å²) >= 11 is 0. The van der Waals surface area contributed by atoms with Crippen molar-refractivity contribution in [3.63, 3.8) is 0 Å². The molecule has 4 saturated heterocycles. The molecule has 0 aromatic rings. The smallest absolute Gasteiger partial charge is 0.187 e. The Morgan fingerprint density at radius 1 is 0.545 bits per heavy atom. The van der Waals surface area contributed by atoms with E-state index >= 15 is 0 Å². The van der Waals surface area contributed by atoms with Crippen LogP contribution < -0.4 is 0 Å². The van der Waals surface area contributed by atoms with Crippen molar-refractivity contribution in [3.8, 4) is 0 Å². The number of hydrogen-bond acceptors (Lipinski definition) is 23. The molecule has 8 fully saturated rings. The molecule has 3 unspecified atom stereocenters. The Balaban J connectivity index is 1.01. The van der Waals surface area contributed by atoms with E-state index in [1.165, 1.54) is 0 Å². The molecule has 4 aliphatic heterocycles. The van der Waals surface area contributed by atoms with Crippen LogP contribution in [0.5, 0.6) is 0 Å². The predicted molar refractivity (Wildman–Crippen MR) is 266 cm³/mol. The fraction of sp³-hybridized carbons (Fsp3) is 0.963. The Kier molecular flexibility index (Phi) is 18.9. The maximum absolute atomic E-state index is 12.8. The summed E-state index contributed by atoms with van der Waals surface area (Å²) in [5, 5.41) is 162. The highest BCUT2D eigenvalue weighted by Crippen LogP contribution is 2.76. The lowest BCUT2D eigenvalue weighted by Gasteiger charge is -2.71. The van der Waals surface area contributed by atoms with Crippen molar-refractivity contribution in [2.24, 2.45) is 45.3 Å². The predicted octanol–water partition coefficient (Wildman–Crippen LogP) is -2.20. The number of fused-ring (bicyclic) bond motifs is 5. The van der Waals surface area contributed by atoms with Gasteiger partial charge in [0.25, 0.3) is 0 Å². The molecule has 23 nitrogen and oxygen atoms in total. The number of hydrogen-bond donors (Lipinski definition) is 15. The van der Waals surface area contributed by atoms with Gasteiger partial charge >= 0.3 is 0 Å². The number of rotatable bonds is 16. The largest absolute Gasteiger partial charge is 0.394 e. The third-order valence-electron chi connectivity index (χ3n) is 20.9. The molecule has 4 saturated carbocycles. The van der Waals surface area contributed by atoms with Gasteiger partial charge in [-0.15, -0.1) is 0 Å². The molecule has 15 N–H and O–H groups in total. The van der Waals surface area contributed by atoms with Crippen LogP contribution in [0.4, 0.5) is 0 Å². The third-order valence-corrected chi connectivity index (χ3v) is 20.9. The normalized spacial score (nSPS) is 52.7. The lowest BCUT2D eigenvalue weighted by Crippen LogP contribution is -2.68. The molecule has 8 aliphatic rings. The summed E-state index contributed by atoms with van der Waals surface area (Å²) in [6, 6.07) is 0. The molecule has 4 aliphatic carbocycles. The van der Waals surface area contributed by atoms with Crippen LogP contribution in [-0.2, 0) is 37.9 Å². The second-order valence-corrected chi connectivity index (χ2v) is 25.7. The molecule has 0 aromatic carbocycles. The van der Waals surface area contributed by atoms with Gasteiger partial charge in [0.15, 0.2) is 25.2 Å². The topological polar surface area (TPSA) is 377 Å². The lowest BCUT2D eigenvalue weighted by atomic mass is 9.35. The van der Waals surface area contributed by atoms with E-state index in [1.807, 2.05) is 20.8 Å². The number of ether oxygens (including phenoxy) is 8.